The van der Waals surface area contributed by atoms with Crippen molar-refractivity contribution < 1.29 is 14.7 Å². The number of hydrogen-bond donors (Lipinski definition) is 1. The van der Waals surface area contributed by atoms with Crippen LogP contribution < -0.4 is 0 Å². The minimum atomic E-state index is -0.965. The molecule has 1 amide bonds. The summed E-state index contributed by atoms with van der Waals surface area (Å²) in [6.07, 6.45) is 1.80. The van der Waals surface area contributed by atoms with Crippen molar-refractivity contribution in [3.05, 3.63) is 35.9 Å². The Balaban J connectivity index is 1.95. The van der Waals surface area contributed by atoms with E-state index in [-0.39, 0.29) is 11.8 Å². The molecule has 1 aromatic rings. The standard InChI is InChI=1S/C17H24N2O3/c1-13(17(21)22)18(2)16(20)15-9-6-10-19(12-15)11-14-7-4-3-5-8-14/h3-5,7-8,13,15H,6,9-12H2,1-2H3,(H,21,22)/t13-,15-/m0/s1. The normalized spacial score (nSPS) is 20.4. The number of carboxylic acids is 1. The molecule has 0 aromatic heterocycles. The van der Waals surface area contributed by atoms with Gasteiger partial charge in [-0.25, -0.2) is 4.79 Å². The van der Waals surface area contributed by atoms with Crippen LogP contribution in [-0.4, -0.2) is 53.0 Å². The molecule has 2 atom stereocenters. The van der Waals surface area contributed by atoms with Gasteiger partial charge in [-0.15, -0.1) is 0 Å². The molecule has 5 heteroatoms. The minimum absolute atomic E-state index is 0.0624. The maximum Gasteiger partial charge on any atom is 0.326 e. The quantitative estimate of drug-likeness (QED) is 0.901. The molecule has 1 saturated heterocycles. The molecule has 22 heavy (non-hydrogen) atoms. The summed E-state index contributed by atoms with van der Waals surface area (Å²) in [5, 5.41) is 9.04. The van der Waals surface area contributed by atoms with Crippen molar-refractivity contribution in [1.29, 1.82) is 0 Å². The van der Waals surface area contributed by atoms with Crippen molar-refractivity contribution in [2.24, 2.45) is 5.92 Å². The summed E-state index contributed by atoms with van der Waals surface area (Å²) in [5.74, 6) is -1.13. The number of amides is 1. The van der Waals surface area contributed by atoms with Crippen LogP contribution in [0.25, 0.3) is 0 Å². The molecular formula is C17H24N2O3. The number of rotatable bonds is 5. The number of hydrogen-bond acceptors (Lipinski definition) is 3. The van der Waals surface area contributed by atoms with Gasteiger partial charge in [0.05, 0.1) is 5.92 Å². The minimum Gasteiger partial charge on any atom is -0.480 e. The van der Waals surface area contributed by atoms with Gasteiger partial charge in [0.25, 0.3) is 0 Å². The number of likely N-dealkylation sites (tertiary alicyclic amines) is 1. The van der Waals surface area contributed by atoms with Gasteiger partial charge in [-0.3, -0.25) is 9.69 Å². The van der Waals surface area contributed by atoms with Crippen LogP contribution in [0.15, 0.2) is 30.3 Å². The first-order valence-electron chi connectivity index (χ1n) is 7.74. The zero-order valence-electron chi connectivity index (χ0n) is 13.2. The van der Waals surface area contributed by atoms with Crippen molar-refractivity contribution in [2.75, 3.05) is 20.1 Å². The second-order valence-corrected chi connectivity index (χ2v) is 6.02. The molecule has 1 aliphatic heterocycles. The third-order valence-electron chi connectivity index (χ3n) is 4.39. The van der Waals surface area contributed by atoms with E-state index in [4.69, 9.17) is 5.11 Å². The van der Waals surface area contributed by atoms with Crippen molar-refractivity contribution in [2.45, 2.75) is 32.4 Å². The van der Waals surface area contributed by atoms with Gasteiger partial charge in [0, 0.05) is 20.1 Å². The number of aliphatic carboxylic acids is 1. The highest BCUT2D eigenvalue weighted by atomic mass is 16.4. The second-order valence-electron chi connectivity index (χ2n) is 6.02. The number of piperidine rings is 1. The van der Waals surface area contributed by atoms with Gasteiger partial charge in [0.1, 0.15) is 6.04 Å². The van der Waals surface area contributed by atoms with Gasteiger partial charge in [0.2, 0.25) is 5.91 Å². The first-order valence-corrected chi connectivity index (χ1v) is 7.74. The molecule has 1 aliphatic rings. The summed E-state index contributed by atoms with van der Waals surface area (Å²) in [6.45, 7) is 4.06. The fraction of sp³-hybridized carbons (Fsp3) is 0.529. The molecule has 0 spiro atoms. The highest BCUT2D eigenvalue weighted by Gasteiger charge is 2.31. The monoisotopic (exact) mass is 304 g/mol. The average molecular weight is 304 g/mol. The number of carboxylic acid groups (broad SMARTS) is 1. The Labute approximate surface area is 131 Å². The summed E-state index contributed by atoms with van der Waals surface area (Å²) in [7, 11) is 1.58. The first kappa shape index (κ1) is 16.5. The van der Waals surface area contributed by atoms with E-state index in [1.54, 1.807) is 14.0 Å². The van der Waals surface area contributed by atoms with E-state index in [1.165, 1.54) is 10.5 Å². The van der Waals surface area contributed by atoms with E-state index < -0.39 is 12.0 Å². The van der Waals surface area contributed by atoms with Gasteiger partial charge in [0.15, 0.2) is 0 Å². The lowest BCUT2D eigenvalue weighted by Crippen LogP contribution is -2.47. The number of nitrogens with zero attached hydrogens (tertiary/aromatic N) is 2. The lowest BCUT2D eigenvalue weighted by atomic mass is 9.95. The van der Waals surface area contributed by atoms with Crippen molar-refractivity contribution in [3.63, 3.8) is 0 Å². The van der Waals surface area contributed by atoms with Crippen molar-refractivity contribution >= 4 is 11.9 Å². The number of carbonyl (C=O) groups is 2. The maximum absolute atomic E-state index is 12.5. The van der Waals surface area contributed by atoms with E-state index in [2.05, 4.69) is 17.0 Å². The van der Waals surface area contributed by atoms with Gasteiger partial charge < -0.3 is 10.0 Å². The molecule has 1 N–H and O–H groups in total. The fourth-order valence-corrected chi connectivity index (χ4v) is 2.89. The molecule has 5 nitrogen and oxygen atoms in total. The van der Waals surface area contributed by atoms with Crippen LogP contribution in [0, 0.1) is 5.92 Å². The highest BCUT2D eigenvalue weighted by Crippen LogP contribution is 2.21. The van der Waals surface area contributed by atoms with Crippen LogP contribution in [0.1, 0.15) is 25.3 Å². The molecular weight excluding hydrogens is 280 g/mol. The SMILES string of the molecule is C[C@@H](C(=O)O)N(C)C(=O)[C@H]1CCCN(Cc2ccccc2)C1. The van der Waals surface area contributed by atoms with Gasteiger partial charge in [-0.2, -0.15) is 0 Å². The van der Waals surface area contributed by atoms with Crippen LogP contribution in [0.5, 0.6) is 0 Å². The molecule has 0 bridgehead atoms. The Morgan fingerprint density at radius 1 is 1.36 bits per heavy atom. The van der Waals surface area contributed by atoms with Gasteiger partial charge in [-0.05, 0) is 31.9 Å². The van der Waals surface area contributed by atoms with Crippen molar-refractivity contribution in [1.82, 2.24) is 9.80 Å². The van der Waals surface area contributed by atoms with E-state index in [1.807, 2.05) is 18.2 Å². The first-order chi connectivity index (χ1) is 10.5. The van der Waals surface area contributed by atoms with Crippen LogP contribution >= 0.6 is 0 Å². The molecule has 2 rings (SSSR count). The molecule has 0 saturated carbocycles. The predicted octanol–water partition coefficient (Wildman–Crippen LogP) is 1.83. The largest absolute Gasteiger partial charge is 0.480 e. The third kappa shape index (κ3) is 4.07. The summed E-state index contributed by atoms with van der Waals surface area (Å²) < 4.78 is 0. The van der Waals surface area contributed by atoms with Crippen LogP contribution in [0.4, 0.5) is 0 Å². The van der Waals surface area contributed by atoms with Crippen LogP contribution in [0.2, 0.25) is 0 Å². The van der Waals surface area contributed by atoms with Crippen LogP contribution in [-0.2, 0) is 16.1 Å². The summed E-state index contributed by atoms with van der Waals surface area (Å²) in [5.41, 5.74) is 1.24. The van der Waals surface area contributed by atoms with E-state index >= 15 is 0 Å². The summed E-state index contributed by atoms with van der Waals surface area (Å²) in [4.78, 5) is 27.1. The zero-order chi connectivity index (χ0) is 16.1. The highest BCUT2D eigenvalue weighted by molar-refractivity contribution is 5.84. The topological polar surface area (TPSA) is 60.9 Å². The Morgan fingerprint density at radius 2 is 2.05 bits per heavy atom. The van der Waals surface area contributed by atoms with Crippen LogP contribution in [0.3, 0.4) is 0 Å². The molecule has 1 heterocycles. The third-order valence-corrected chi connectivity index (χ3v) is 4.39. The number of likely N-dealkylation sites (N-methyl/N-ethyl adjacent to an activating group) is 1. The van der Waals surface area contributed by atoms with E-state index in [0.29, 0.717) is 6.54 Å². The summed E-state index contributed by atoms with van der Waals surface area (Å²) in [6, 6.07) is 9.42. The van der Waals surface area contributed by atoms with Gasteiger partial charge >= 0.3 is 5.97 Å². The molecule has 0 aliphatic carbocycles. The lowest BCUT2D eigenvalue weighted by Gasteiger charge is -2.34. The number of carbonyl (C=O) groups excluding carboxylic acids is 1. The fourth-order valence-electron chi connectivity index (χ4n) is 2.89. The van der Waals surface area contributed by atoms with Gasteiger partial charge in [-0.1, -0.05) is 30.3 Å². The van der Waals surface area contributed by atoms with E-state index in [9.17, 15) is 9.59 Å². The number of benzene rings is 1. The zero-order valence-corrected chi connectivity index (χ0v) is 13.2. The molecule has 1 aromatic carbocycles. The van der Waals surface area contributed by atoms with E-state index in [0.717, 1.165) is 25.9 Å². The Bertz CT molecular complexity index is 518. The molecule has 0 radical (unpaired) electrons. The smallest absolute Gasteiger partial charge is 0.326 e. The molecule has 1 fully saturated rings. The van der Waals surface area contributed by atoms with Crippen molar-refractivity contribution in [3.8, 4) is 0 Å². The Hall–Kier alpha value is -1.88. The molecule has 120 valence electrons. The Kier molecular flexibility index (Phi) is 5.55. The lowest BCUT2D eigenvalue weighted by molar-refractivity contribution is -0.150. The average Bonchev–Trinajstić information content (AvgIpc) is 2.54. The second kappa shape index (κ2) is 7.40. The predicted molar refractivity (Wildman–Crippen MR) is 84.3 cm³/mol. The summed E-state index contributed by atoms with van der Waals surface area (Å²) >= 11 is 0. The maximum atomic E-state index is 12.5. The Morgan fingerprint density at radius 3 is 2.68 bits per heavy atom. The molecule has 0 unspecified atom stereocenters.